The highest BCUT2D eigenvalue weighted by molar-refractivity contribution is 7.92. The number of sulfone groups is 1. The molecule has 0 aliphatic heterocycles. The monoisotopic (exact) mass is 337 g/mol. The van der Waals surface area contributed by atoms with E-state index in [9.17, 15) is 13.2 Å². The second kappa shape index (κ2) is 6.78. The van der Waals surface area contributed by atoms with Gasteiger partial charge in [-0.15, -0.1) is 0 Å². The Bertz CT molecular complexity index is 602. The molecule has 1 aromatic carbocycles. The standard InChI is InChI=1S/C13H17Cl2NO3S/c1-8(16-13(17)9(2)20(3,18)19)6-10-4-5-11(14)7-12(10)15/h4-5,7-9H,6H2,1-3H3,(H,16,17)/t8-,9+/m1/s1. The van der Waals surface area contributed by atoms with E-state index in [1.165, 1.54) is 6.92 Å². The number of halogens is 2. The molecule has 0 aliphatic carbocycles. The molecule has 1 rings (SSSR count). The number of nitrogens with one attached hydrogen (secondary N) is 1. The van der Waals surface area contributed by atoms with E-state index in [-0.39, 0.29) is 6.04 Å². The summed E-state index contributed by atoms with van der Waals surface area (Å²) in [5.74, 6) is -0.509. The van der Waals surface area contributed by atoms with E-state index in [4.69, 9.17) is 23.2 Å². The topological polar surface area (TPSA) is 63.2 Å². The van der Waals surface area contributed by atoms with Crippen molar-refractivity contribution in [3.05, 3.63) is 33.8 Å². The fourth-order valence-electron chi connectivity index (χ4n) is 1.62. The van der Waals surface area contributed by atoms with Crippen molar-refractivity contribution in [2.45, 2.75) is 31.6 Å². The van der Waals surface area contributed by atoms with Gasteiger partial charge in [-0.2, -0.15) is 0 Å². The third-order valence-corrected chi connectivity index (χ3v) is 5.03. The number of benzene rings is 1. The van der Waals surface area contributed by atoms with Gasteiger partial charge in [0.15, 0.2) is 9.84 Å². The largest absolute Gasteiger partial charge is 0.352 e. The van der Waals surface area contributed by atoms with Gasteiger partial charge in [0.05, 0.1) is 0 Å². The lowest BCUT2D eigenvalue weighted by molar-refractivity contribution is -0.121. The van der Waals surface area contributed by atoms with Crippen LogP contribution >= 0.6 is 23.2 Å². The Morgan fingerprint density at radius 1 is 1.30 bits per heavy atom. The summed E-state index contributed by atoms with van der Waals surface area (Å²) >= 11 is 11.9. The zero-order valence-corrected chi connectivity index (χ0v) is 13.8. The van der Waals surface area contributed by atoms with Crippen LogP contribution in [0.5, 0.6) is 0 Å². The van der Waals surface area contributed by atoms with Crippen LogP contribution in [0.25, 0.3) is 0 Å². The van der Waals surface area contributed by atoms with Crippen LogP contribution < -0.4 is 5.32 Å². The molecule has 0 saturated heterocycles. The van der Waals surface area contributed by atoms with E-state index in [1.807, 2.05) is 0 Å². The summed E-state index contributed by atoms with van der Waals surface area (Å²) in [6.45, 7) is 3.16. The molecule has 4 nitrogen and oxygen atoms in total. The number of rotatable bonds is 5. The van der Waals surface area contributed by atoms with Gasteiger partial charge in [0.2, 0.25) is 5.91 Å². The summed E-state index contributed by atoms with van der Waals surface area (Å²) in [5, 5.41) is 2.67. The lowest BCUT2D eigenvalue weighted by Crippen LogP contribution is -2.42. The van der Waals surface area contributed by atoms with Crippen molar-refractivity contribution >= 4 is 38.9 Å². The zero-order chi connectivity index (χ0) is 15.5. The second-order valence-corrected chi connectivity index (χ2v) is 8.03. The summed E-state index contributed by atoms with van der Waals surface area (Å²) in [4.78, 5) is 11.8. The summed E-state index contributed by atoms with van der Waals surface area (Å²) in [7, 11) is -3.39. The Kier molecular flexibility index (Phi) is 5.86. The van der Waals surface area contributed by atoms with Gasteiger partial charge < -0.3 is 5.32 Å². The molecular weight excluding hydrogens is 321 g/mol. The van der Waals surface area contributed by atoms with Crippen LogP contribution in [0, 0.1) is 0 Å². The van der Waals surface area contributed by atoms with Crippen molar-refractivity contribution in [2.24, 2.45) is 0 Å². The Labute approximate surface area is 129 Å². The molecule has 0 aliphatic rings. The van der Waals surface area contributed by atoms with Crippen molar-refractivity contribution in [1.82, 2.24) is 5.32 Å². The van der Waals surface area contributed by atoms with E-state index >= 15 is 0 Å². The third-order valence-electron chi connectivity index (χ3n) is 2.94. The summed E-state index contributed by atoms with van der Waals surface area (Å²) in [6, 6.07) is 4.90. The van der Waals surface area contributed by atoms with Crippen molar-refractivity contribution < 1.29 is 13.2 Å². The molecule has 0 bridgehead atoms. The first-order valence-corrected chi connectivity index (χ1v) is 8.75. The highest BCUT2D eigenvalue weighted by atomic mass is 35.5. The number of carbonyl (C=O) groups excluding carboxylic acids is 1. The van der Waals surface area contributed by atoms with Gasteiger partial charge in [0.1, 0.15) is 5.25 Å². The molecular formula is C13H17Cl2NO3S. The van der Waals surface area contributed by atoms with Crippen molar-refractivity contribution in [3.8, 4) is 0 Å². The summed E-state index contributed by atoms with van der Waals surface area (Å²) < 4.78 is 22.6. The summed E-state index contributed by atoms with van der Waals surface area (Å²) in [5.41, 5.74) is 0.843. The number of hydrogen-bond donors (Lipinski definition) is 1. The fraction of sp³-hybridized carbons (Fsp3) is 0.462. The van der Waals surface area contributed by atoms with Gasteiger partial charge in [-0.3, -0.25) is 4.79 Å². The average molecular weight is 338 g/mol. The van der Waals surface area contributed by atoms with Crippen LogP contribution in [-0.4, -0.2) is 31.9 Å². The molecule has 2 atom stereocenters. The normalized spacial score (nSPS) is 14.7. The number of amides is 1. The quantitative estimate of drug-likeness (QED) is 0.897. The van der Waals surface area contributed by atoms with Crippen molar-refractivity contribution in [2.75, 3.05) is 6.26 Å². The van der Waals surface area contributed by atoms with Gasteiger partial charge in [-0.1, -0.05) is 29.3 Å². The van der Waals surface area contributed by atoms with E-state index in [1.54, 1.807) is 25.1 Å². The molecule has 1 aromatic rings. The zero-order valence-electron chi connectivity index (χ0n) is 11.5. The van der Waals surface area contributed by atoms with E-state index in [0.717, 1.165) is 11.8 Å². The van der Waals surface area contributed by atoms with Gasteiger partial charge in [0.25, 0.3) is 0 Å². The van der Waals surface area contributed by atoms with E-state index < -0.39 is 21.0 Å². The molecule has 0 spiro atoms. The lowest BCUT2D eigenvalue weighted by atomic mass is 10.1. The maximum atomic E-state index is 11.8. The smallest absolute Gasteiger partial charge is 0.238 e. The third kappa shape index (κ3) is 4.96. The Hall–Kier alpha value is -0.780. The Morgan fingerprint density at radius 3 is 2.40 bits per heavy atom. The second-order valence-electron chi connectivity index (χ2n) is 4.82. The van der Waals surface area contributed by atoms with Crippen LogP contribution in [-0.2, 0) is 21.1 Å². The predicted molar refractivity (Wildman–Crippen MR) is 82.1 cm³/mol. The minimum absolute atomic E-state index is 0.231. The maximum absolute atomic E-state index is 11.8. The van der Waals surface area contributed by atoms with E-state index in [0.29, 0.717) is 16.5 Å². The first-order valence-electron chi connectivity index (χ1n) is 6.04. The lowest BCUT2D eigenvalue weighted by Gasteiger charge is -2.17. The van der Waals surface area contributed by atoms with Gasteiger partial charge >= 0.3 is 0 Å². The molecule has 7 heteroatoms. The molecule has 0 heterocycles. The number of hydrogen-bond acceptors (Lipinski definition) is 3. The molecule has 0 saturated carbocycles. The highest BCUT2D eigenvalue weighted by Gasteiger charge is 2.24. The SMILES string of the molecule is C[C@H](Cc1ccc(Cl)cc1Cl)NC(=O)[C@H](C)S(C)(=O)=O. The number of carbonyl (C=O) groups is 1. The first kappa shape index (κ1) is 17.3. The Balaban J connectivity index is 2.68. The average Bonchev–Trinajstić information content (AvgIpc) is 2.30. The molecule has 0 fully saturated rings. The molecule has 112 valence electrons. The van der Waals surface area contributed by atoms with Crippen LogP contribution in [0.15, 0.2) is 18.2 Å². The first-order chi connectivity index (χ1) is 9.11. The summed E-state index contributed by atoms with van der Waals surface area (Å²) in [6.07, 6.45) is 1.54. The highest BCUT2D eigenvalue weighted by Crippen LogP contribution is 2.22. The van der Waals surface area contributed by atoms with Crippen LogP contribution in [0.1, 0.15) is 19.4 Å². The molecule has 0 radical (unpaired) electrons. The van der Waals surface area contributed by atoms with Gasteiger partial charge in [0, 0.05) is 22.3 Å². The molecule has 1 amide bonds. The van der Waals surface area contributed by atoms with Gasteiger partial charge in [-0.05, 0) is 38.0 Å². The maximum Gasteiger partial charge on any atom is 0.238 e. The van der Waals surface area contributed by atoms with E-state index in [2.05, 4.69) is 5.32 Å². The molecule has 20 heavy (non-hydrogen) atoms. The van der Waals surface area contributed by atoms with Crippen molar-refractivity contribution in [3.63, 3.8) is 0 Å². The molecule has 0 aromatic heterocycles. The Morgan fingerprint density at radius 2 is 1.90 bits per heavy atom. The van der Waals surface area contributed by atoms with Crippen LogP contribution in [0.4, 0.5) is 0 Å². The van der Waals surface area contributed by atoms with Gasteiger partial charge in [-0.25, -0.2) is 8.42 Å². The van der Waals surface area contributed by atoms with Crippen molar-refractivity contribution in [1.29, 1.82) is 0 Å². The fourth-order valence-corrected chi connectivity index (χ4v) is 2.57. The molecule has 0 unspecified atom stereocenters. The minimum Gasteiger partial charge on any atom is -0.352 e. The van der Waals surface area contributed by atoms with Crippen LogP contribution in [0.3, 0.4) is 0 Å². The predicted octanol–water partition coefficient (Wildman–Crippen LogP) is 2.47. The molecule has 1 N–H and O–H groups in total. The van der Waals surface area contributed by atoms with Crippen LogP contribution in [0.2, 0.25) is 10.0 Å². The minimum atomic E-state index is -3.39.